The average Bonchev–Trinajstić information content (AvgIpc) is 2.34. The van der Waals surface area contributed by atoms with E-state index in [-0.39, 0.29) is 13.2 Å². The molecule has 0 radical (unpaired) electrons. The third kappa shape index (κ3) is 5.86. The second-order valence-corrected chi connectivity index (χ2v) is 3.69. The van der Waals surface area contributed by atoms with Crippen molar-refractivity contribution in [2.45, 2.75) is 19.1 Å². The van der Waals surface area contributed by atoms with E-state index in [1.807, 2.05) is 30.3 Å². The van der Waals surface area contributed by atoms with Crippen molar-refractivity contribution in [1.29, 1.82) is 0 Å². The van der Waals surface area contributed by atoms with Crippen molar-refractivity contribution in [2.75, 3.05) is 6.54 Å². The Hall–Kier alpha value is -2.08. The summed E-state index contributed by atoms with van der Waals surface area (Å²) in [7, 11) is 0. The first-order valence-corrected chi connectivity index (χ1v) is 5.42. The van der Waals surface area contributed by atoms with Crippen molar-refractivity contribution in [3.8, 4) is 0 Å². The summed E-state index contributed by atoms with van der Waals surface area (Å²) in [5, 5.41) is 19.9. The lowest BCUT2D eigenvalue weighted by Crippen LogP contribution is -2.33. The Morgan fingerprint density at radius 2 is 1.94 bits per heavy atom. The maximum absolute atomic E-state index is 11.2. The summed E-state index contributed by atoms with van der Waals surface area (Å²) in [6.07, 6.45) is -2.23. The first kappa shape index (κ1) is 14.0. The molecule has 0 heterocycles. The zero-order valence-corrected chi connectivity index (χ0v) is 9.70. The Balaban J connectivity index is 2.20. The summed E-state index contributed by atoms with van der Waals surface area (Å²) in [6, 6.07) is 9.13. The number of benzene rings is 1. The summed E-state index contributed by atoms with van der Waals surface area (Å²) < 4.78 is 4.87. The monoisotopic (exact) mass is 253 g/mol. The molecule has 6 nitrogen and oxygen atoms in total. The number of carbonyl (C=O) groups is 2. The molecule has 18 heavy (non-hydrogen) atoms. The molecule has 1 amide bonds. The summed E-state index contributed by atoms with van der Waals surface area (Å²) in [4.78, 5) is 21.5. The number of aliphatic hydroxyl groups excluding tert-OH is 1. The number of ether oxygens (including phenoxy) is 1. The highest BCUT2D eigenvalue weighted by atomic mass is 16.5. The van der Waals surface area contributed by atoms with Crippen molar-refractivity contribution in [1.82, 2.24) is 5.32 Å². The van der Waals surface area contributed by atoms with Gasteiger partial charge in [-0.1, -0.05) is 30.3 Å². The molecule has 0 aliphatic rings. The fraction of sp³-hybridized carbons (Fsp3) is 0.333. The topological polar surface area (TPSA) is 95.9 Å². The Morgan fingerprint density at radius 3 is 2.56 bits per heavy atom. The predicted octanol–water partition coefficient (Wildman–Crippen LogP) is 0.748. The minimum absolute atomic E-state index is 0.127. The van der Waals surface area contributed by atoms with Gasteiger partial charge in [-0.25, -0.2) is 4.79 Å². The lowest BCUT2D eigenvalue weighted by Gasteiger charge is -2.10. The van der Waals surface area contributed by atoms with Crippen molar-refractivity contribution in [2.24, 2.45) is 0 Å². The van der Waals surface area contributed by atoms with Crippen molar-refractivity contribution in [3.63, 3.8) is 0 Å². The van der Waals surface area contributed by atoms with E-state index in [4.69, 9.17) is 9.84 Å². The first-order chi connectivity index (χ1) is 8.58. The molecule has 6 heteroatoms. The van der Waals surface area contributed by atoms with E-state index < -0.39 is 24.6 Å². The minimum atomic E-state index is -1.12. The molecule has 3 N–H and O–H groups in total. The molecule has 0 aliphatic carbocycles. The molecule has 1 aromatic carbocycles. The van der Waals surface area contributed by atoms with Crippen LogP contribution in [0.3, 0.4) is 0 Å². The second-order valence-electron chi connectivity index (χ2n) is 3.69. The van der Waals surface area contributed by atoms with Crippen LogP contribution in [-0.4, -0.2) is 34.9 Å². The van der Waals surface area contributed by atoms with E-state index in [1.54, 1.807) is 0 Å². The molecule has 1 atom stereocenters. The number of rotatable bonds is 6. The number of amides is 1. The van der Waals surface area contributed by atoms with Crippen LogP contribution in [0, 0.1) is 0 Å². The van der Waals surface area contributed by atoms with Gasteiger partial charge in [0.2, 0.25) is 0 Å². The highest BCUT2D eigenvalue weighted by Crippen LogP contribution is 2.00. The lowest BCUT2D eigenvalue weighted by atomic mass is 10.2. The van der Waals surface area contributed by atoms with Crippen LogP contribution in [0.4, 0.5) is 4.79 Å². The standard InChI is InChI=1S/C12H15NO5/c14-10(6-11(15)16)7-13-12(17)18-8-9-4-2-1-3-5-9/h1-5,10,14H,6-8H2,(H,13,17)(H,15,16)/t10-/m0/s1. The van der Waals surface area contributed by atoms with E-state index in [0.717, 1.165) is 5.56 Å². The molecule has 0 aliphatic heterocycles. The number of hydrogen-bond donors (Lipinski definition) is 3. The van der Waals surface area contributed by atoms with Crippen LogP contribution in [0.15, 0.2) is 30.3 Å². The van der Waals surface area contributed by atoms with E-state index in [2.05, 4.69) is 5.32 Å². The molecule has 0 fully saturated rings. The Kier molecular flexibility index (Phi) is 5.66. The number of nitrogens with one attached hydrogen (secondary N) is 1. The molecule has 0 aromatic heterocycles. The zero-order chi connectivity index (χ0) is 13.4. The summed E-state index contributed by atoms with van der Waals surface area (Å²) in [5.41, 5.74) is 0.846. The molecule has 0 bridgehead atoms. The van der Waals surface area contributed by atoms with Crippen molar-refractivity contribution in [3.05, 3.63) is 35.9 Å². The van der Waals surface area contributed by atoms with Gasteiger partial charge in [0.15, 0.2) is 0 Å². The van der Waals surface area contributed by atoms with Crippen LogP contribution in [0.25, 0.3) is 0 Å². The molecule has 0 saturated carbocycles. The second kappa shape index (κ2) is 7.29. The minimum Gasteiger partial charge on any atom is -0.481 e. The van der Waals surface area contributed by atoms with Crippen LogP contribution in [0.1, 0.15) is 12.0 Å². The summed E-state index contributed by atoms with van der Waals surface area (Å²) in [5.74, 6) is -1.12. The van der Waals surface area contributed by atoms with E-state index in [0.29, 0.717) is 0 Å². The Bertz CT molecular complexity index is 393. The Morgan fingerprint density at radius 1 is 1.28 bits per heavy atom. The zero-order valence-electron chi connectivity index (χ0n) is 9.70. The fourth-order valence-electron chi connectivity index (χ4n) is 1.25. The van der Waals surface area contributed by atoms with Gasteiger partial charge in [-0.2, -0.15) is 0 Å². The molecule has 0 spiro atoms. The van der Waals surface area contributed by atoms with E-state index in [9.17, 15) is 14.7 Å². The van der Waals surface area contributed by atoms with Gasteiger partial charge < -0.3 is 20.3 Å². The van der Waals surface area contributed by atoms with Crippen LogP contribution in [0.2, 0.25) is 0 Å². The van der Waals surface area contributed by atoms with E-state index in [1.165, 1.54) is 0 Å². The quantitative estimate of drug-likeness (QED) is 0.695. The molecule has 1 aromatic rings. The number of alkyl carbamates (subject to hydrolysis) is 1. The van der Waals surface area contributed by atoms with E-state index >= 15 is 0 Å². The first-order valence-electron chi connectivity index (χ1n) is 5.42. The molecule has 0 unspecified atom stereocenters. The van der Waals surface area contributed by atoms with Crippen molar-refractivity contribution < 1.29 is 24.5 Å². The maximum atomic E-state index is 11.2. The SMILES string of the molecule is O=C(O)C[C@H](O)CNC(=O)OCc1ccccc1. The Labute approximate surface area is 104 Å². The summed E-state index contributed by atoms with van der Waals surface area (Å²) in [6.45, 7) is -0.0262. The number of aliphatic carboxylic acids is 1. The van der Waals surface area contributed by atoms with Gasteiger partial charge in [0.25, 0.3) is 0 Å². The van der Waals surface area contributed by atoms with Gasteiger partial charge in [0.05, 0.1) is 12.5 Å². The van der Waals surface area contributed by atoms with Crippen LogP contribution < -0.4 is 5.32 Å². The van der Waals surface area contributed by atoms with Crippen LogP contribution >= 0.6 is 0 Å². The highest BCUT2D eigenvalue weighted by Gasteiger charge is 2.11. The van der Waals surface area contributed by atoms with Gasteiger partial charge in [0, 0.05) is 6.54 Å². The smallest absolute Gasteiger partial charge is 0.407 e. The average molecular weight is 253 g/mol. The number of carboxylic acids is 1. The number of aliphatic hydroxyl groups is 1. The molecule has 1 rings (SSSR count). The van der Waals surface area contributed by atoms with Gasteiger partial charge in [-0.3, -0.25) is 4.79 Å². The normalized spacial score (nSPS) is 11.6. The van der Waals surface area contributed by atoms with Crippen molar-refractivity contribution >= 4 is 12.1 Å². The molecular weight excluding hydrogens is 238 g/mol. The number of carboxylic acid groups (broad SMARTS) is 1. The maximum Gasteiger partial charge on any atom is 0.407 e. The summed E-state index contributed by atoms with van der Waals surface area (Å²) >= 11 is 0. The number of hydrogen-bond acceptors (Lipinski definition) is 4. The van der Waals surface area contributed by atoms with Crippen LogP contribution in [0.5, 0.6) is 0 Å². The molecular formula is C12H15NO5. The van der Waals surface area contributed by atoms with Gasteiger partial charge in [-0.15, -0.1) is 0 Å². The highest BCUT2D eigenvalue weighted by molar-refractivity contribution is 5.68. The fourth-order valence-corrected chi connectivity index (χ4v) is 1.25. The number of carbonyl (C=O) groups excluding carboxylic acids is 1. The van der Waals surface area contributed by atoms with Gasteiger partial charge >= 0.3 is 12.1 Å². The van der Waals surface area contributed by atoms with Gasteiger partial charge in [0.1, 0.15) is 6.61 Å². The predicted molar refractivity (Wildman–Crippen MR) is 62.9 cm³/mol. The third-order valence-corrected chi connectivity index (χ3v) is 2.11. The molecule has 0 saturated heterocycles. The molecule has 98 valence electrons. The lowest BCUT2D eigenvalue weighted by molar-refractivity contribution is -0.139. The van der Waals surface area contributed by atoms with Gasteiger partial charge in [-0.05, 0) is 5.56 Å². The third-order valence-electron chi connectivity index (χ3n) is 2.11. The van der Waals surface area contributed by atoms with Crippen LogP contribution in [-0.2, 0) is 16.1 Å². The largest absolute Gasteiger partial charge is 0.481 e.